The number of halogens is 1. The van der Waals surface area contributed by atoms with Crippen LogP contribution in [0.25, 0.3) is 0 Å². The van der Waals surface area contributed by atoms with Crippen LogP contribution in [0, 0.1) is 5.92 Å². The molecular weight excluding hydrogens is 212 g/mol. The minimum Gasteiger partial charge on any atom is -0.326 e. The highest BCUT2D eigenvalue weighted by Gasteiger charge is 2.21. The van der Waals surface area contributed by atoms with Crippen LogP contribution >= 0.6 is 12.4 Å². The van der Waals surface area contributed by atoms with E-state index >= 15 is 0 Å². The summed E-state index contributed by atoms with van der Waals surface area (Å²) in [5.41, 5.74) is 0.879. The first-order valence-corrected chi connectivity index (χ1v) is 4.93. The molecule has 1 aromatic rings. The van der Waals surface area contributed by atoms with E-state index < -0.39 is 0 Å². The van der Waals surface area contributed by atoms with Crippen LogP contribution in [0.15, 0.2) is 30.3 Å². The minimum absolute atomic E-state index is 0. The number of hydrogen-bond donors (Lipinski definition) is 2. The number of amides is 1. The Hall–Kier alpha value is -1.06. The van der Waals surface area contributed by atoms with Crippen molar-refractivity contribution in [2.24, 2.45) is 5.92 Å². The maximum absolute atomic E-state index is 11.7. The van der Waals surface area contributed by atoms with Gasteiger partial charge in [0.1, 0.15) is 0 Å². The molecule has 0 aromatic heterocycles. The first-order valence-electron chi connectivity index (χ1n) is 4.93. The molecular formula is C11H15ClN2O. The maximum Gasteiger partial charge on any atom is 0.228 e. The molecule has 1 saturated heterocycles. The van der Waals surface area contributed by atoms with Crippen molar-refractivity contribution in [2.45, 2.75) is 6.42 Å². The highest BCUT2D eigenvalue weighted by atomic mass is 35.5. The first-order chi connectivity index (χ1) is 6.86. The molecule has 1 aliphatic heterocycles. The molecule has 82 valence electrons. The SMILES string of the molecule is Cl.O=C(Nc1ccccc1)C1CCNC1. The number of rotatable bonds is 2. The molecule has 2 rings (SSSR count). The molecule has 0 spiro atoms. The third-order valence-corrected chi connectivity index (χ3v) is 2.47. The number of benzene rings is 1. The lowest BCUT2D eigenvalue weighted by Gasteiger charge is -2.09. The smallest absolute Gasteiger partial charge is 0.228 e. The molecule has 15 heavy (non-hydrogen) atoms. The lowest BCUT2D eigenvalue weighted by atomic mass is 10.1. The Morgan fingerprint density at radius 1 is 1.33 bits per heavy atom. The Labute approximate surface area is 95.7 Å². The van der Waals surface area contributed by atoms with E-state index in [4.69, 9.17) is 0 Å². The topological polar surface area (TPSA) is 41.1 Å². The molecule has 1 heterocycles. The summed E-state index contributed by atoms with van der Waals surface area (Å²) >= 11 is 0. The van der Waals surface area contributed by atoms with Gasteiger partial charge < -0.3 is 10.6 Å². The van der Waals surface area contributed by atoms with Crippen molar-refractivity contribution < 1.29 is 4.79 Å². The standard InChI is InChI=1S/C11H14N2O.ClH/c14-11(9-6-7-12-8-9)13-10-4-2-1-3-5-10;/h1-5,9,12H,6-8H2,(H,13,14);1H. The molecule has 1 fully saturated rings. The predicted molar refractivity (Wildman–Crippen MR) is 63.3 cm³/mol. The second-order valence-corrected chi connectivity index (χ2v) is 3.54. The van der Waals surface area contributed by atoms with Crippen LogP contribution in [0.4, 0.5) is 5.69 Å². The highest BCUT2D eigenvalue weighted by Crippen LogP contribution is 2.12. The van der Waals surface area contributed by atoms with Gasteiger partial charge in [0.15, 0.2) is 0 Å². The van der Waals surface area contributed by atoms with Crippen molar-refractivity contribution in [1.82, 2.24) is 5.32 Å². The van der Waals surface area contributed by atoms with Gasteiger partial charge in [-0.1, -0.05) is 18.2 Å². The van der Waals surface area contributed by atoms with Gasteiger partial charge in [-0.05, 0) is 25.1 Å². The summed E-state index contributed by atoms with van der Waals surface area (Å²) in [6, 6.07) is 9.58. The van der Waals surface area contributed by atoms with Gasteiger partial charge in [0.25, 0.3) is 0 Å². The lowest BCUT2D eigenvalue weighted by Crippen LogP contribution is -2.24. The molecule has 2 N–H and O–H groups in total. The van der Waals surface area contributed by atoms with Crippen LogP contribution in [-0.4, -0.2) is 19.0 Å². The van der Waals surface area contributed by atoms with Crippen LogP contribution < -0.4 is 10.6 Å². The van der Waals surface area contributed by atoms with Gasteiger partial charge in [-0.15, -0.1) is 12.4 Å². The minimum atomic E-state index is 0. The molecule has 1 atom stereocenters. The molecule has 0 saturated carbocycles. The fraction of sp³-hybridized carbons (Fsp3) is 0.364. The summed E-state index contributed by atoms with van der Waals surface area (Å²) in [6.45, 7) is 1.76. The summed E-state index contributed by atoms with van der Waals surface area (Å²) in [5.74, 6) is 0.261. The van der Waals surface area contributed by atoms with Gasteiger partial charge in [-0.25, -0.2) is 0 Å². The third kappa shape index (κ3) is 3.22. The van der Waals surface area contributed by atoms with E-state index in [1.54, 1.807) is 0 Å². The number of anilines is 1. The number of nitrogens with one attached hydrogen (secondary N) is 2. The average molecular weight is 227 g/mol. The van der Waals surface area contributed by atoms with Gasteiger partial charge in [0.05, 0.1) is 5.92 Å². The molecule has 0 radical (unpaired) electrons. The molecule has 3 nitrogen and oxygen atoms in total. The summed E-state index contributed by atoms with van der Waals surface area (Å²) in [6.07, 6.45) is 0.943. The molecule has 1 aliphatic rings. The Morgan fingerprint density at radius 2 is 2.07 bits per heavy atom. The predicted octanol–water partition coefficient (Wildman–Crippen LogP) is 1.66. The normalized spacial score (nSPS) is 19.3. The van der Waals surface area contributed by atoms with Gasteiger partial charge >= 0.3 is 0 Å². The van der Waals surface area contributed by atoms with Crippen molar-refractivity contribution in [3.8, 4) is 0 Å². The van der Waals surface area contributed by atoms with E-state index in [0.717, 1.165) is 25.2 Å². The van der Waals surface area contributed by atoms with Crippen molar-refractivity contribution in [3.63, 3.8) is 0 Å². The van der Waals surface area contributed by atoms with E-state index in [9.17, 15) is 4.79 Å². The zero-order valence-corrected chi connectivity index (χ0v) is 9.22. The van der Waals surface area contributed by atoms with Crippen LogP contribution in [0.3, 0.4) is 0 Å². The van der Waals surface area contributed by atoms with Crippen LogP contribution in [0.2, 0.25) is 0 Å². The first kappa shape index (κ1) is 12.0. The van der Waals surface area contributed by atoms with Gasteiger partial charge in [0, 0.05) is 12.2 Å². The Bertz CT molecular complexity index is 310. The summed E-state index contributed by atoms with van der Waals surface area (Å²) in [5, 5.41) is 6.08. The van der Waals surface area contributed by atoms with Gasteiger partial charge in [-0.2, -0.15) is 0 Å². The van der Waals surface area contributed by atoms with Crippen molar-refractivity contribution in [1.29, 1.82) is 0 Å². The fourth-order valence-corrected chi connectivity index (χ4v) is 1.64. The zero-order valence-electron chi connectivity index (χ0n) is 8.40. The van der Waals surface area contributed by atoms with E-state index in [-0.39, 0.29) is 24.2 Å². The Morgan fingerprint density at radius 3 is 2.67 bits per heavy atom. The van der Waals surface area contributed by atoms with Gasteiger partial charge in [0.2, 0.25) is 5.91 Å². The maximum atomic E-state index is 11.7. The number of carbonyl (C=O) groups is 1. The molecule has 1 aromatic carbocycles. The van der Waals surface area contributed by atoms with Crippen LogP contribution in [0.5, 0.6) is 0 Å². The van der Waals surface area contributed by atoms with Crippen molar-refractivity contribution in [3.05, 3.63) is 30.3 Å². The van der Waals surface area contributed by atoms with E-state index in [0.29, 0.717) is 0 Å². The van der Waals surface area contributed by atoms with Crippen molar-refractivity contribution >= 4 is 24.0 Å². The molecule has 0 bridgehead atoms. The monoisotopic (exact) mass is 226 g/mol. The largest absolute Gasteiger partial charge is 0.326 e. The summed E-state index contributed by atoms with van der Waals surface area (Å²) in [7, 11) is 0. The number of para-hydroxylation sites is 1. The summed E-state index contributed by atoms with van der Waals surface area (Å²) in [4.78, 5) is 11.7. The van der Waals surface area contributed by atoms with Crippen LogP contribution in [0.1, 0.15) is 6.42 Å². The van der Waals surface area contributed by atoms with E-state index in [1.165, 1.54) is 0 Å². The molecule has 4 heteroatoms. The van der Waals surface area contributed by atoms with E-state index in [1.807, 2.05) is 30.3 Å². The molecule has 0 aliphatic carbocycles. The molecule has 1 unspecified atom stereocenters. The van der Waals surface area contributed by atoms with Gasteiger partial charge in [-0.3, -0.25) is 4.79 Å². The second-order valence-electron chi connectivity index (χ2n) is 3.54. The highest BCUT2D eigenvalue weighted by molar-refractivity contribution is 5.92. The molecule has 1 amide bonds. The fourth-order valence-electron chi connectivity index (χ4n) is 1.64. The van der Waals surface area contributed by atoms with Crippen molar-refractivity contribution in [2.75, 3.05) is 18.4 Å². The Kier molecular flexibility index (Phi) is 4.59. The number of hydrogen-bond acceptors (Lipinski definition) is 2. The zero-order chi connectivity index (χ0) is 9.80. The number of carbonyl (C=O) groups excluding carboxylic acids is 1. The lowest BCUT2D eigenvalue weighted by molar-refractivity contribution is -0.119. The quantitative estimate of drug-likeness (QED) is 0.805. The van der Waals surface area contributed by atoms with E-state index in [2.05, 4.69) is 10.6 Å². The average Bonchev–Trinajstić information content (AvgIpc) is 2.72. The summed E-state index contributed by atoms with van der Waals surface area (Å²) < 4.78 is 0. The Balaban J connectivity index is 0.00000112. The second kappa shape index (κ2) is 5.73. The van der Waals surface area contributed by atoms with Crippen LogP contribution in [-0.2, 0) is 4.79 Å². The third-order valence-electron chi connectivity index (χ3n) is 2.47.